The first kappa shape index (κ1) is 21.2. The molecule has 0 saturated carbocycles. The minimum absolute atomic E-state index is 0.157. The molecule has 6 nitrogen and oxygen atoms in total. The van der Waals surface area contributed by atoms with Gasteiger partial charge in [0.15, 0.2) is 5.96 Å². The summed E-state index contributed by atoms with van der Waals surface area (Å²) in [4.78, 5) is 14.2. The van der Waals surface area contributed by atoms with Gasteiger partial charge >= 0.3 is 0 Å². The van der Waals surface area contributed by atoms with Crippen molar-refractivity contribution in [2.45, 2.75) is 53.2 Å². The van der Waals surface area contributed by atoms with Crippen LogP contribution in [0.5, 0.6) is 5.88 Å². The second-order valence-corrected chi connectivity index (χ2v) is 8.35. The molecule has 0 radical (unpaired) electrons. The molecule has 0 spiro atoms. The highest BCUT2D eigenvalue weighted by Gasteiger charge is 2.08. The van der Waals surface area contributed by atoms with E-state index in [1.165, 1.54) is 4.88 Å². The van der Waals surface area contributed by atoms with Crippen LogP contribution in [0, 0.1) is 12.8 Å². The van der Waals surface area contributed by atoms with Gasteiger partial charge in [0.2, 0.25) is 5.88 Å². The monoisotopic (exact) mass is 389 g/mol. The molecule has 0 fully saturated rings. The molecule has 1 unspecified atom stereocenters. The zero-order valence-electron chi connectivity index (χ0n) is 17.0. The van der Waals surface area contributed by atoms with E-state index in [0.29, 0.717) is 18.3 Å². The maximum atomic E-state index is 5.92. The summed E-state index contributed by atoms with van der Waals surface area (Å²) in [6.45, 7) is 10.0. The van der Waals surface area contributed by atoms with Crippen LogP contribution in [0.2, 0.25) is 0 Å². The van der Waals surface area contributed by atoms with Gasteiger partial charge in [0, 0.05) is 49.9 Å². The van der Waals surface area contributed by atoms with Crippen LogP contribution in [0.3, 0.4) is 0 Å². The lowest BCUT2D eigenvalue weighted by Crippen LogP contribution is -2.37. The zero-order valence-corrected chi connectivity index (χ0v) is 17.8. The Morgan fingerprint density at radius 1 is 1.26 bits per heavy atom. The molecule has 2 N–H and O–H groups in total. The summed E-state index contributed by atoms with van der Waals surface area (Å²) in [6.07, 6.45) is 5.76. The lowest BCUT2D eigenvalue weighted by Gasteiger charge is -2.16. The van der Waals surface area contributed by atoms with Gasteiger partial charge in [-0.2, -0.15) is 0 Å². The van der Waals surface area contributed by atoms with E-state index in [2.05, 4.69) is 53.3 Å². The van der Waals surface area contributed by atoms with Crippen molar-refractivity contribution in [3.05, 3.63) is 40.0 Å². The SMILES string of the molecule is CN=C(NCCc1ncc(C)s1)NCc1ccnc(OC(C)CC(C)C)c1. The number of guanidine groups is 1. The number of pyridine rings is 1. The fraction of sp³-hybridized carbons (Fsp3) is 0.550. The van der Waals surface area contributed by atoms with E-state index in [-0.39, 0.29) is 6.10 Å². The number of hydrogen-bond donors (Lipinski definition) is 2. The van der Waals surface area contributed by atoms with Gasteiger partial charge in [0.05, 0.1) is 11.1 Å². The van der Waals surface area contributed by atoms with Crippen LogP contribution >= 0.6 is 11.3 Å². The minimum atomic E-state index is 0.157. The molecule has 0 bridgehead atoms. The molecule has 7 heteroatoms. The van der Waals surface area contributed by atoms with Gasteiger partial charge < -0.3 is 15.4 Å². The van der Waals surface area contributed by atoms with E-state index in [4.69, 9.17) is 4.74 Å². The molecule has 1 atom stereocenters. The van der Waals surface area contributed by atoms with E-state index < -0.39 is 0 Å². The van der Waals surface area contributed by atoms with Crippen molar-refractivity contribution in [3.8, 4) is 5.88 Å². The summed E-state index contributed by atoms with van der Waals surface area (Å²) in [5.74, 6) is 2.05. The van der Waals surface area contributed by atoms with Gasteiger partial charge in [0.25, 0.3) is 0 Å². The number of rotatable bonds is 9. The number of nitrogens with zero attached hydrogens (tertiary/aromatic N) is 3. The Labute approximate surface area is 166 Å². The smallest absolute Gasteiger partial charge is 0.213 e. The van der Waals surface area contributed by atoms with Crippen LogP contribution in [0.1, 0.15) is 42.6 Å². The summed E-state index contributed by atoms with van der Waals surface area (Å²) >= 11 is 1.73. The molecule has 2 aromatic rings. The van der Waals surface area contributed by atoms with Gasteiger partial charge in [-0.15, -0.1) is 11.3 Å². The number of thiazole rings is 1. The van der Waals surface area contributed by atoms with Crippen molar-refractivity contribution < 1.29 is 4.74 Å². The fourth-order valence-electron chi connectivity index (χ4n) is 2.75. The molecule has 0 aliphatic carbocycles. The van der Waals surface area contributed by atoms with Crippen LogP contribution < -0.4 is 15.4 Å². The second kappa shape index (κ2) is 10.9. The number of aliphatic imine (C=N–C) groups is 1. The first-order valence-electron chi connectivity index (χ1n) is 9.43. The van der Waals surface area contributed by atoms with Crippen molar-refractivity contribution in [1.29, 1.82) is 0 Å². The Bertz CT molecular complexity index is 729. The third kappa shape index (κ3) is 7.95. The predicted octanol–water partition coefficient (Wildman–Crippen LogP) is 3.57. The summed E-state index contributed by atoms with van der Waals surface area (Å²) in [5, 5.41) is 7.79. The summed E-state index contributed by atoms with van der Waals surface area (Å²) in [5.41, 5.74) is 1.11. The molecule has 0 aliphatic heterocycles. The van der Waals surface area contributed by atoms with Crippen molar-refractivity contribution in [2.24, 2.45) is 10.9 Å². The molecule has 0 amide bonds. The number of aromatic nitrogens is 2. The Morgan fingerprint density at radius 2 is 2.07 bits per heavy atom. The van der Waals surface area contributed by atoms with Crippen molar-refractivity contribution in [2.75, 3.05) is 13.6 Å². The van der Waals surface area contributed by atoms with Gasteiger partial charge in [-0.25, -0.2) is 9.97 Å². The number of ether oxygens (including phenoxy) is 1. The number of aryl methyl sites for hydroxylation is 1. The van der Waals surface area contributed by atoms with Gasteiger partial charge in [-0.05, 0) is 37.8 Å². The van der Waals surface area contributed by atoms with Crippen LogP contribution in [0.25, 0.3) is 0 Å². The molecule has 2 aromatic heterocycles. The summed E-state index contributed by atoms with van der Waals surface area (Å²) < 4.78 is 5.92. The molecule has 148 valence electrons. The molecular weight excluding hydrogens is 358 g/mol. The Hall–Kier alpha value is -2.15. The van der Waals surface area contributed by atoms with E-state index >= 15 is 0 Å². The van der Waals surface area contributed by atoms with E-state index in [9.17, 15) is 0 Å². The maximum absolute atomic E-state index is 5.92. The van der Waals surface area contributed by atoms with Crippen LogP contribution in [0.4, 0.5) is 0 Å². The largest absolute Gasteiger partial charge is 0.475 e. The molecule has 27 heavy (non-hydrogen) atoms. The molecular formula is C20H31N5OS. The Kier molecular flexibility index (Phi) is 8.51. The van der Waals surface area contributed by atoms with Gasteiger partial charge in [-0.3, -0.25) is 4.99 Å². The fourth-order valence-corrected chi connectivity index (χ4v) is 3.54. The van der Waals surface area contributed by atoms with Crippen LogP contribution in [-0.4, -0.2) is 35.6 Å². The van der Waals surface area contributed by atoms with Gasteiger partial charge in [-0.1, -0.05) is 13.8 Å². The standard InChI is InChI=1S/C20H31N5OS/c1-14(2)10-15(3)26-18-11-17(6-8-22-18)13-25-20(21-5)23-9-7-19-24-12-16(4)27-19/h6,8,11-12,14-15H,7,9-10,13H2,1-5H3,(H2,21,23,25). The topological polar surface area (TPSA) is 71.4 Å². The van der Waals surface area contributed by atoms with E-state index in [1.807, 2.05) is 18.3 Å². The molecule has 2 heterocycles. The third-order valence-corrected chi connectivity index (χ3v) is 4.88. The predicted molar refractivity (Wildman–Crippen MR) is 113 cm³/mol. The Morgan fingerprint density at radius 3 is 2.74 bits per heavy atom. The highest BCUT2D eigenvalue weighted by atomic mass is 32.1. The van der Waals surface area contributed by atoms with Gasteiger partial charge in [0.1, 0.15) is 0 Å². The second-order valence-electron chi connectivity index (χ2n) is 7.03. The van der Waals surface area contributed by atoms with E-state index in [0.717, 1.165) is 35.9 Å². The van der Waals surface area contributed by atoms with Crippen molar-refractivity contribution >= 4 is 17.3 Å². The van der Waals surface area contributed by atoms with Crippen molar-refractivity contribution in [3.63, 3.8) is 0 Å². The number of hydrogen-bond acceptors (Lipinski definition) is 5. The third-order valence-electron chi connectivity index (χ3n) is 3.91. The lowest BCUT2D eigenvalue weighted by molar-refractivity contribution is 0.185. The average molecular weight is 390 g/mol. The average Bonchev–Trinajstić information content (AvgIpc) is 3.02. The Balaban J connectivity index is 1.79. The number of nitrogens with one attached hydrogen (secondary N) is 2. The first-order chi connectivity index (χ1) is 13.0. The first-order valence-corrected chi connectivity index (χ1v) is 10.2. The zero-order chi connectivity index (χ0) is 19.6. The quantitative estimate of drug-likeness (QED) is 0.507. The molecule has 0 aliphatic rings. The summed E-state index contributed by atoms with van der Waals surface area (Å²) in [6, 6.07) is 3.97. The highest BCUT2D eigenvalue weighted by molar-refractivity contribution is 7.11. The lowest BCUT2D eigenvalue weighted by atomic mass is 10.1. The minimum Gasteiger partial charge on any atom is -0.475 e. The van der Waals surface area contributed by atoms with E-state index in [1.54, 1.807) is 24.6 Å². The maximum Gasteiger partial charge on any atom is 0.213 e. The summed E-state index contributed by atoms with van der Waals surface area (Å²) in [7, 11) is 1.78. The highest BCUT2D eigenvalue weighted by Crippen LogP contribution is 2.15. The van der Waals surface area contributed by atoms with Crippen molar-refractivity contribution in [1.82, 2.24) is 20.6 Å². The molecule has 2 rings (SSSR count). The van der Waals surface area contributed by atoms with Crippen LogP contribution in [0.15, 0.2) is 29.5 Å². The molecule has 0 saturated heterocycles. The normalized spacial score (nSPS) is 12.9. The molecule has 0 aromatic carbocycles. The van der Waals surface area contributed by atoms with Crippen LogP contribution in [-0.2, 0) is 13.0 Å².